The number of hydrogen-bond acceptors (Lipinski definition) is 2. The van der Waals surface area contributed by atoms with Crippen molar-refractivity contribution in [2.24, 2.45) is 0 Å². The van der Waals surface area contributed by atoms with Gasteiger partial charge < -0.3 is 10.2 Å². The number of rotatable bonds is 0. The maximum atomic E-state index is 10.2. The van der Waals surface area contributed by atoms with E-state index in [-0.39, 0.29) is 0 Å². The molecule has 0 saturated carbocycles. The van der Waals surface area contributed by atoms with Gasteiger partial charge in [-0.2, -0.15) is 0 Å². The second-order valence-corrected chi connectivity index (χ2v) is 4.10. The van der Waals surface area contributed by atoms with Gasteiger partial charge in [-0.25, -0.2) is 0 Å². The molecule has 0 aliphatic heterocycles. The van der Waals surface area contributed by atoms with Crippen LogP contribution in [-0.2, 0) is 18.4 Å². The zero-order valence-corrected chi connectivity index (χ0v) is 7.33. The first-order chi connectivity index (χ1) is 6.22. The normalized spacial score (nSPS) is 35.1. The van der Waals surface area contributed by atoms with Crippen LogP contribution in [0.1, 0.15) is 23.1 Å². The lowest BCUT2D eigenvalue weighted by Gasteiger charge is -2.22. The Morgan fingerprint density at radius 3 is 2.92 bits per heavy atom. The topological polar surface area (TPSA) is 40.5 Å². The van der Waals surface area contributed by atoms with Crippen LogP contribution in [-0.4, -0.2) is 16.3 Å². The van der Waals surface area contributed by atoms with Crippen LogP contribution in [0, 0.1) is 0 Å². The van der Waals surface area contributed by atoms with Crippen LogP contribution in [0.25, 0.3) is 0 Å². The molecular formula is C11H12O2. The smallest absolute Gasteiger partial charge is 0.117 e. The van der Waals surface area contributed by atoms with Gasteiger partial charge in [-0.1, -0.05) is 18.2 Å². The van der Waals surface area contributed by atoms with Gasteiger partial charge in [0.2, 0.25) is 0 Å². The maximum Gasteiger partial charge on any atom is 0.117 e. The molecule has 0 aromatic heterocycles. The highest BCUT2D eigenvalue weighted by Gasteiger charge is 2.48. The minimum Gasteiger partial charge on any atom is -0.389 e. The summed E-state index contributed by atoms with van der Waals surface area (Å²) in [4.78, 5) is 0. The van der Waals surface area contributed by atoms with E-state index in [4.69, 9.17) is 0 Å². The largest absolute Gasteiger partial charge is 0.389 e. The molecule has 1 aromatic carbocycles. The van der Waals surface area contributed by atoms with Gasteiger partial charge in [-0.15, -0.1) is 0 Å². The lowest BCUT2D eigenvalue weighted by atomic mass is 9.96. The summed E-state index contributed by atoms with van der Waals surface area (Å²) in [5, 5.41) is 20.0. The zero-order valence-electron chi connectivity index (χ0n) is 7.33. The van der Waals surface area contributed by atoms with Gasteiger partial charge in [0.25, 0.3) is 0 Å². The van der Waals surface area contributed by atoms with E-state index in [1.165, 1.54) is 5.56 Å². The molecule has 13 heavy (non-hydrogen) atoms. The molecule has 1 aromatic rings. The van der Waals surface area contributed by atoms with Crippen molar-refractivity contribution in [3.8, 4) is 0 Å². The maximum absolute atomic E-state index is 10.2. The Balaban J connectivity index is 2.31. The molecule has 0 saturated heterocycles. The Bertz CT molecular complexity index is 372. The van der Waals surface area contributed by atoms with Crippen LogP contribution >= 0.6 is 0 Å². The molecule has 2 aliphatic rings. The standard InChI is InChI=1S/C11H12O2/c12-9-6-8-3-1-2-7-4-5-11(9,13)10(7)8/h1-3,9,12-13H,4-6H2. The summed E-state index contributed by atoms with van der Waals surface area (Å²) in [6.45, 7) is 0. The highest BCUT2D eigenvalue weighted by molar-refractivity contribution is 5.48. The number of hydrogen-bond donors (Lipinski definition) is 2. The molecule has 0 amide bonds. The van der Waals surface area contributed by atoms with Gasteiger partial charge in [0.1, 0.15) is 5.60 Å². The van der Waals surface area contributed by atoms with Crippen LogP contribution in [0.4, 0.5) is 0 Å². The third-order valence-electron chi connectivity index (χ3n) is 3.41. The summed E-state index contributed by atoms with van der Waals surface area (Å²) in [5.74, 6) is 0. The molecule has 2 nitrogen and oxygen atoms in total. The van der Waals surface area contributed by atoms with Crippen molar-refractivity contribution >= 4 is 0 Å². The molecule has 0 bridgehead atoms. The summed E-state index contributed by atoms with van der Waals surface area (Å²) >= 11 is 0. The van der Waals surface area contributed by atoms with E-state index in [1.54, 1.807) is 0 Å². The van der Waals surface area contributed by atoms with Crippen molar-refractivity contribution in [1.82, 2.24) is 0 Å². The quantitative estimate of drug-likeness (QED) is 0.612. The number of aryl methyl sites for hydroxylation is 1. The fraction of sp³-hybridized carbons (Fsp3) is 0.455. The van der Waals surface area contributed by atoms with Crippen molar-refractivity contribution in [1.29, 1.82) is 0 Å². The van der Waals surface area contributed by atoms with Crippen molar-refractivity contribution < 1.29 is 10.2 Å². The molecular weight excluding hydrogens is 164 g/mol. The van der Waals surface area contributed by atoms with Crippen LogP contribution in [0.5, 0.6) is 0 Å². The monoisotopic (exact) mass is 176 g/mol. The molecule has 0 spiro atoms. The predicted octanol–water partition coefficient (Wildman–Crippen LogP) is 0.737. The molecule has 3 rings (SSSR count). The van der Waals surface area contributed by atoms with Gasteiger partial charge in [0.05, 0.1) is 6.10 Å². The van der Waals surface area contributed by atoms with Gasteiger partial charge in [-0.3, -0.25) is 0 Å². The van der Waals surface area contributed by atoms with E-state index < -0.39 is 11.7 Å². The van der Waals surface area contributed by atoms with Gasteiger partial charge in [0.15, 0.2) is 0 Å². The van der Waals surface area contributed by atoms with Gasteiger partial charge in [-0.05, 0) is 29.5 Å². The summed E-state index contributed by atoms with van der Waals surface area (Å²) in [7, 11) is 0. The average Bonchev–Trinajstić information content (AvgIpc) is 2.57. The molecule has 0 heterocycles. The highest BCUT2D eigenvalue weighted by atomic mass is 16.3. The van der Waals surface area contributed by atoms with E-state index >= 15 is 0 Å². The Labute approximate surface area is 76.8 Å². The van der Waals surface area contributed by atoms with Crippen molar-refractivity contribution in [2.75, 3.05) is 0 Å². The van der Waals surface area contributed by atoms with Crippen molar-refractivity contribution in [2.45, 2.75) is 31.0 Å². The summed E-state index contributed by atoms with van der Waals surface area (Å²) in [6.07, 6.45) is 1.60. The molecule has 2 aliphatic carbocycles. The van der Waals surface area contributed by atoms with Crippen LogP contribution < -0.4 is 0 Å². The molecule has 2 unspecified atom stereocenters. The van der Waals surface area contributed by atoms with Crippen molar-refractivity contribution in [3.05, 3.63) is 34.9 Å². The molecule has 2 heteroatoms. The minimum absolute atomic E-state index is 0.592. The van der Waals surface area contributed by atoms with Gasteiger partial charge in [0, 0.05) is 6.42 Å². The lowest BCUT2D eigenvalue weighted by Crippen LogP contribution is -2.33. The summed E-state index contributed by atoms with van der Waals surface area (Å²) in [6, 6.07) is 6.07. The van der Waals surface area contributed by atoms with Crippen LogP contribution in [0.2, 0.25) is 0 Å². The molecule has 68 valence electrons. The average molecular weight is 176 g/mol. The minimum atomic E-state index is -0.925. The first kappa shape index (κ1) is 7.54. The van der Waals surface area contributed by atoms with E-state index in [2.05, 4.69) is 6.07 Å². The van der Waals surface area contributed by atoms with E-state index in [9.17, 15) is 10.2 Å². The second kappa shape index (κ2) is 2.14. The number of aliphatic hydroxyl groups is 2. The fourth-order valence-corrected chi connectivity index (χ4v) is 2.75. The van der Waals surface area contributed by atoms with Crippen LogP contribution in [0.15, 0.2) is 18.2 Å². The number of benzene rings is 1. The summed E-state index contributed by atoms with van der Waals surface area (Å²) in [5.41, 5.74) is 2.44. The predicted molar refractivity (Wildman–Crippen MR) is 48.4 cm³/mol. The van der Waals surface area contributed by atoms with Gasteiger partial charge >= 0.3 is 0 Å². The SMILES string of the molecule is OC1Cc2cccc3c2C1(O)CC3. The highest BCUT2D eigenvalue weighted by Crippen LogP contribution is 2.47. The fourth-order valence-electron chi connectivity index (χ4n) is 2.75. The Kier molecular flexibility index (Phi) is 1.24. The Hall–Kier alpha value is -0.860. The number of aliphatic hydroxyl groups excluding tert-OH is 1. The summed E-state index contributed by atoms with van der Waals surface area (Å²) < 4.78 is 0. The lowest BCUT2D eigenvalue weighted by molar-refractivity contribution is -0.0662. The first-order valence-corrected chi connectivity index (χ1v) is 4.73. The van der Waals surface area contributed by atoms with E-state index in [1.807, 2.05) is 12.1 Å². The molecule has 0 fully saturated rings. The molecule has 2 atom stereocenters. The third-order valence-corrected chi connectivity index (χ3v) is 3.41. The third kappa shape index (κ3) is 0.754. The Morgan fingerprint density at radius 1 is 1.31 bits per heavy atom. The van der Waals surface area contributed by atoms with Crippen molar-refractivity contribution in [3.63, 3.8) is 0 Å². The van der Waals surface area contributed by atoms with E-state index in [0.717, 1.165) is 17.5 Å². The first-order valence-electron chi connectivity index (χ1n) is 4.73. The molecule has 0 radical (unpaired) electrons. The van der Waals surface area contributed by atoms with E-state index in [0.29, 0.717) is 12.8 Å². The second-order valence-electron chi connectivity index (χ2n) is 4.10. The van der Waals surface area contributed by atoms with Crippen LogP contribution in [0.3, 0.4) is 0 Å². The molecule has 2 N–H and O–H groups in total. The zero-order chi connectivity index (χ0) is 9.05. The Morgan fingerprint density at radius 2 is 2.08 bits per heavy atom.